The van der Waals surface area contributed by atoms with Crippen LogP contribution in [-0.2, 0) is 6.42 Å². The first-order valence-electron chi connectivity index (χ1n) is 7.17. The van der Waals surface area contributed by atoms with Gasteiger partial charge in [0.25, 0.3) is 0 Å². The van der Waals surface area contributed by atoms with Crippen LogP contribution < -0.4 is 11.3 Å². The Bertz CT molecular complexity index is 761. The number of rotatable bonds is 4. The summed E-state index contributed by atoms with van der Waals surface area (Å²) < 4.78 is 1.34. The van der Waals surface area contributed by atoms with Gasteiger partial charge in [-0.05, 0) is 53.8 Å². The Morgan fingerprint density at radius 2 is 1.95 bits per heavy atom. The van der Waals surface area contributed by atoms with Gasteiger partial charge in [-0.2, -0.15) is 0 Å². The van der Waals surface area contributed by atoms with Crippen LogP contribution >= 0.6 is 11.3 Å². The molecule has 0 aliphatic rings. The SMILES string of the molecule is Cc1ccc(C(Cc2csc3ccccc23)NN)c(C)c1. The van der Waals surface area contributed by atoms with Gasteiger partial charge in [0.05, 0.1) is 6.04 Å². The highest BCUT2D eigenvalue weighted by molar-refractivity contribution is 7.17. The maximum Gasteiger partial charge on any atom is 0.0503 e. The third-order valence-corrected chi connectivity index (χ3v) is 5.00. The van der Waals surface area contributed by atoms with Gasteiger partial charge < -0.3 is 0 Å². The average Bonchev–Trinajstić information content (AvgIpc) is 2.89. The minimum absolute atomic E-state index is 0.142. The Morgan fingerprint density at radius 1 is 1.14 bits per heavy atom. The Morgan fingerprint density at radius 3 is 2.71 bits per heavy atom. The number of fused-ring (bicyclic) bond motifs is 1. The van der Waals surface area contributed by atoms with Crippen molar-refractivity contribution >= 4 is 21.4 Å². The maximum absolute atomic E-state index is 5.83. The zero-order valence-electron chi connectivity index (χ0n) is 12.4. The summed E-state index contributed by atoms with van der Waals surface area (Å²) in [5.41, 5.74) is 8.20. The monoisotopic (exact) mass is 296 g/mol. The number of hydrogen-bond donors (Lipinski definition) is 2. The molecular weight excluding hydrogens is 276 g/mol. The van der Waals surface area contributed by atoms with E-state index in [9.17, 15) is 0 Å². The van der Waals surface area contributed by atoms with E-state index in [1.807, 2.05) is 0 Å². The van der Waals surface area contributed by atoms with Gasteiger partial charge in [-0.1, -0.05) is 42.0 Å². The molecule has 0 fully saturated rings. The molecule has 2 nitrogen and oxygen atoms in total. The molecule has 1 atom stereocenters. The second-order valence-corrected chi connectivity index (χ2v) is 6.45. The second-order valence-electron chi connectivity index (χ2n) is 5.54. The summed E-state index contributed by atoms with van der Waals surface area (Å²) in [6, 6.07) is 15.2. The highest BCUT2D eigenvalue weighted by Gasteiger charge is 2.15. The van der Waals surface area contributed by atoms with Crippen molar-refractivity contribution in [2.24, 2.45) is 5.84 Å². The van der Waals surface area contributed by atoms with Crippen molar-refractivity contribution in [3.05, 3.63) is 70.1 Å². The predicted molar refractivity (Wildman–Crippen MR) is 91.5 cm³/mol. The van der Waals surface area contributed by atoms with Gasteiger partial charge in [-0.15, -0.1) is 11.3 Å². The van der Waals surface area contributed by atoms with Crippen LogP contribution in [0.4, 0.5) is 0 Å². The van der Waals surface area contributed by atoms with Crippen LogP contribution in [0.15, 0.2) is 47.8 Å². The third kappa shape index (κ3) is 2.86. The molecule has 0 aliphatic carbocycles. The summed E-state index contributed by atoms with van der Waals surface area (Å²) in [6.07, 6.45) is 0.907. The van der Waals surface area contributed by atoms with Crippen molar-refractivity contribution < 1.29 is 0 Å². The fourth-order valence-corrected chi connectivity index (χ4v) is 3.86. The molecule has 1 heterocycles. The molecule has 0 amide bonds. The topological polar surface area (TPSA) is 38.0 Å². The van der Waals surface area contributed by atoms with E-state index in [0.29, 0.717) is 0 Å². The van der Waals surface area contributed by atoms with Crippen LogP contribution in [0.2, 0.25) is 0 Å². The van der Waals surface area contributed by atoms with E-state index in [-0.39, 0.29) is 6.04 Å². The highest BCUT2D eigenvalue weighted by Crippen LogP contribution is 2.30. The molecule has 0 saturated carbocycles. The van der Waals surface area contributed by atoms with E-state index in [4.69, 9.17) is 5.84 Å². The quantitative estimate of drug-likeness (QED) is 0.557. The van der Waals surface area contributed by atoms with Gasteiger partial charge >= 0.3 is 0 Å². The van der Waals surface area contributed by atoms with Crippen molar-refractivity contribution in [3.8, 4) is 0 Å². The molecule has 2 aromatic carbocycles. The van der Waals surface area contributed by atoms with Gasteiger partial charge in [0.15, 0.2) is 0 Å². The fraction of sp³-hybridized carbons (Fsp3) is 0.222. The molecular formula is C18H20N2S. The number of aryl methyl sites for hydroxylation is 2. The summed E-state index contributed by atoms with van der Waals surface area (Å²) in [5.74, 6) is 5.83. The molecule has 1 unspecified atom stereocenters. The van der Waals surface area contributed by atoms with E-state index >= 15 is 0 Å². The van der Waals surface area contributed by atoms with Crippen molar-refractivity contribution in [3.63, 3.8) is 0 Å². The molecule has 0 aliphatic heterocycles. The molecule has 21 heavy (non-hydrogen) atoms. The summed E-state index contributed by atoms with van der Waals surface area (Å²) in [6.45, 7) is 4.27. The molecule has 0 bridgehead atoms. The number of benzene rings is 2. The van der Waals surface area contributed by atoms with Gasteiger partial charge in [0.1, 0.15) is 0 Å². The normalized spacial score (nSPS) is 12.7. The first kappa shape index (κ1) is 14.3. The molecule has 108 valence electrons. The molecule has 3 heteroatoms. The summed E-state index contributed by atoms with van der Waals surface area (Å²) >= 11 is 1.80. The van der Waals surface area contributed by atoms with Crippen molar-refractivity contribution in [1.82, 2.24) is 5.43 Å². The standard InChI is InChI=1S/C18H20N2S/c1-12-7-8-15(13(2)9-12)17(20-19)10-14-11-21-18-6-4-3-5-16(14)18/h3-9,11,17,20H,10,19H2,1-2H3. The van der Waals surface area contributed by atoms with Gasteiger partial charge in [-0.3, -0.25) is 11.3 Å². The average molecular weight is 296 g/mol. The van der Waals surface area contributed by atoms with Gasteiger partial charge in [0, 0.05) is 4.70 Å². The minimum Gasteiger partial charge on any atom is -0.271 e. The van der Waals surface area contributed by atoms with Crippen LogP contribution in [-0.4, -0.2) is 0 Å². The zero-order chi connectivity index (χ0) is 14.8. The van der Waals surface area contributed by atoms with Crippen LogP contribution in [0.3, 0.4) is 0 Å². The highest BCUT2D eigenvalue weighted by atomic mass is 32.1. The Kier molecular flexibility index (Phi) is 4.06. The summed E-state index contributed by atoms with van der Waals surface area (Å²) in [7, 11) is 0. The van der Waals surface area contributed by atoms with E-state index in [2.05, 4.69) is 67.1 Å². The van der Waals surface area contributed by atoms with Crippen molar-refractivity contribution in [2.45, 2.75) is 26.3 Å². The largest absolute Gasteiger partial charge is 0.271 e. The molecule has 0 spiro atoms. The molecule has 3 rings (SSSR count). The lowest BCUT2D eigenvalue weighted by Gasteiger charge is -2.19. The minimum atomic E-state index is 0.142. The Labute approximate surface area is 129 Å². The number of hydrazine groups is 1. The van der Waals surface area contributed by atoms with E-state index in [1.54, 1.807) is 11.3 Å². The predicted octanol–water partition coefficient (Wildman–Crippen LogP) is 4.27. The fourth-order valence-electron chi connectivity index (χ4n) is 2.89. The van der Waals surface area contributed by atoms with Crippen molar-refractivity contribution in [1.29, 1.82) is 0 Å². The Balaban J connectivity index is 1.94. The number of nitrogens with one attached hydrogen (secondary N) is 1. The smallest absolute Gasteiger partial charge is 0.0503 e. The molecule has 0 radical (unpaired) electrons. The second kappa shape index (κ2) is 5.98. The molecule has 0 saturated heterocycles. The number of nitrogens with two attached hydrogens (primary N) is 1. The molecule has 3 N–H and O–H groups in total. The van der Waals surface area contributed by atoms with E-state index in [0.717, 1.165) is 6.42 Å². The van der Waals surface area contributed by atoms with Gasteiger partial charge in [-0.25, -0.2) is 0 Å². The molecule has 1 aromatic heterocycles. The van der Waals surface area contributed by atoms with E-state index < -0.39 is 0 Å². The lowest BCUT2D eigenvalue weighted by molar-refractivity contribution is 0.551. The lowest BCUT2D eigenvalue weighted by atomic mass is 9.94. The van der Waals surface area contributed by atoms with Crippen LogP contribution in [0.25, 0.3) is 10.1 Å². The van der Waals surface area contributed by atoms with Crippen LogP contribution in [0.5, 0.6) is 0 Å². The van der Waals surface area contributed by atoms with Crippen molar-refractivity contribution in [2.75, 3.05) is 0 Å². The summed E-state index contributed by atoms with van der Waals surface area (Å²) in [5, 5.41) is 3.59. The van der Waals surface area contributed by atoms with Gasteiger partial charge in [0.2, 0.25) is 0 Å². The zero-order valence-corrected chi connectivity index (χ0v) is 13.2. The molecule has 3 aromatic rings. The van der Waals surface area contributed by atoms with Crippen LogP contribution in [0, 0.1) is 13.8 Å². The Hall–Kier alpha value is -1.68. The number of thiophene rings is 1. The van der Waals surface area contributed by atoms with E-state index in [1.165, 1.54) is 32.3 Å². The maximum atomic E-state index is 5.83. The third-order valence-electron chi connectivity index (χ3n) is 3.99. The first-order chi connectivity index (χ1) is 10.2. The lowest BCUT2D eigenvalue weighted by Crippen LogP contribution is -2.30. The van der Waals surface area contributed by atoms with Crippen LogP contribution in [0.1, 0.15) is 28.3 Å². The summed E-state index contributed by atoms with van der Waals surface area (Å²) in [4.78, 5) is 0. The first-order valence-corrected chi connectivity index (χ1v) is 8.05. The number of hydrogen-bond acceptors (Lipinski definition) is 3.